The van der Waals surface area contributed by atoms with Crippen LogP contribution in [0.25, 0.3) is 0 Å². The molecule has 0 amide bonds. The third-order valence-corrected chi connectivity index (χ3v) is 2.49. The third-order valence-electron chi connectivity index (χ3n) is 1.50. The zero-order chi connectivity index (χ0) is 10.6. The van der Waals surface area contributed by atoms with Gasteiger partial charge in [-0.3, -0.25) is 0 Å². The fraction of sp³-hybridized carbons (Fsp3) is 0.200. The molecule has 0 radical (unpaired) electrons. The van der Waals surface area contributed by atoms with Crippen LogP contribution in [0.1, 0.15) is 12.0 Å². The summed E-state index contributed by atoms with van der Waals surface area (Å²) in [6, 6.07) is 3.29. The topological polar surface area (TPSA) is 26.0 Å². The highest BCUT2D eigenvalue weighted by molar-refractivity contribution is 9.09. The highest BCUT2D eigenvalue weighted by Gasteiger charge is 2.03. The van der Waals surface area contributed by atoms with Crippen molar-refractivity contribution in [2.24, 2.45) is 0 Å². The van der Waals surface area contributed by atoms with E-state index in [1.807, 2.05) is 0 Å². The van der Waals surface area contributed by atoms with E-state index < -0.39 is 0 Å². The van der Waals surface area contributed by atoms with Gasteiger partial charge in [-0.05, 0) is 12.1 Å². The molecule has 0 aromatic heterocycles. The molecule has 0 saturated heterocycles. The number of alkyl halides is 1. The number of hydrogen-bond donors (Lipinski definition) is 1. The molecule has 0 fully saturated rings. The van der Waals surface area contributed by atoms with Gasteiger partial charge in [-0.25, -0.2) is 0 Å². The van der Waals surface area contributed by atoms with Crippen molar-refractivity contribution in [3.05, 3.63) is 27.7 Å². The Kier molecular flexibility index (Phi) is 4.60. The van der Waals surface area contributed by atoms with Crippen molar-refractivity contribution in [3.63, 3.8) is 0 Å². The lowest BCUT2D eigenvalue weighted by Crippen LogP contribution is -1.87. The summed E-state index contributed by atoms with van der Waals surface area (Å²) in [5.74, 6) is 5.86. The summed E-state index contributed by atoms with van der Waals surface area (Å²) < 4.78 is 0. The van der Waals surface area contributed by atoms with E-state index in [-0.39, 0.29) is 0 Å². The lowest BCUT2D eigenvalue weighted by molar-refractivity contribution is 1.32. The van der Waals surface area contributed by atoms with Crippen LogP contribution >= 0.6 is 39.1 Å². The lowest BCUT2D eigenvalue weighted by Gasteiger charge is -2.00. The van der Waals surface area contributed by atoms with E-state index in [4.69, 9.17) is 28.9 Å². The molecule has 2 N–H and O–H groups in total. The normalized spacial score (nSPS) is 9.36. The Balaban J connectivity index is 3.04. The van der Waals surface area contributed by atoms with Gasteiger partial charge in [0.15, 0.2) is 0 Å². The minimum Gasteiger partial charge on any atom is -0.399 e. The van der Waals surface area contributed by atoms with Crippen molar-refractivity contribution in [2.75, 3.05) is 11.1 Å². The smallest absolute Gasteiger partial charge is 0.0619 e. The van der Waals surface area contributed by atoms with Crippen LogP contribution in [0.4, 0.5) is 5.69 Å². The van der Waals surface area contributed by atoms with Crippen LogP contribution in [-0.4, -0.2) is 5.33 Å². The Hall–Kier alpha value is -0.360. The zero-order valence-electron chi connectivity index (χ0n) is 7.28. The van der Waals surface area contributed by atoms with Gasteiger partial charge >= 0.3 is 0 Å². The number of nitrogens with two attached hydrogens (primary N) is 1. The zero-order valence-corrected chi connectivity index (χ0v) is 10.4. The maximum absolute atomic E-state index is 5.94. The molecular formula is C10H8BrCl2N. The van der Waals surface area contributed by atoms with E-state index in [1.165, 1.54) is 0 Å². The number of hydrogen-bond acceptors (Lipinski definition) is 1. The average molecular weight is 293 g/mol. The van der Waals surface area contributed by atoms with Gasteiger partial charge in [-0.15, -0.1) is 0 Å². The molecule has 4 heteroatoms. The summed E-state index contributed by atoms with van der Waals surface area (Å²) >= 11 is 15.2. The first-order valence-corrected chi connectivity index (χ1v) is 5.82. The number of rotatable bonds is 1. The molecule has 0 saturated carbocycles. The standard InChI is InChI=1S/C10H8BrCl2N/c11-4-2-1-3-8-9(12)5-7(14)6-10(8)13/h5-6H,2,4,14H2. The van der Waals surface area contributed by atoms with Gasteiger partial charge in [0.1, 0.15) is 0 Å². The molecular weight excluding hydrogens is 285 g/mol. The summed E-state index contributed by atoms with van der Waals surface area (Å²) in [4.78, 5) is 0. The Morgan fingerprint density at radius 3 is 2.36 bits per heavy atom. The number of anilines is 1. The molecule has 0 bridgehead atoms. The fourth-order valence-electron chi connectivity index (χ4n) is 0.910. The molecule has 1 nitrogen and oxygen atoms in total. The van der Waals surface area contributed by atoms with Crippen molar-refractivity contribution in [1.29, 1.82) is 0 Å². The monoisotopic (exact) mass is 291 g/mol. The van der Waals surface area contributed by atoms with E-state index in [9.17, 15) is 0 Å². The predicted molar refractivity (Wildman–Crippen MR) is 66.2 cm³/mol. The lowest BCUT2D eigenvalue weighted by atomic mass is 10.2. The SMILES string of the molecule is Nc1cc(Cl)c(C#CCCBr)c(Cl)c1. The summed E-state index contributed by atoms with van der Waals surface area (Å²) in [5.41, 5.74) is 6.75. The van der Waals surface area contributed by atoms with E-state index in [0.29, 0.717) is 21.3 Å². The Morgan fingerprint density at radius 1 is 1.29 bits per heavy atom. The molecule has 14 heavy (non-hydrogen) atoms. The first-order valence-electron chi connectivity index (χ1n) is 3.94. The third kappa shape index (κ3) is 3.09. The van der Waals surface area contributed by atoms with Gasteiger partial charge in [0, 0.05) is 17.4 Å². The molecule has 0 aliphatic carbocycles. The Bertz CT molecular complexity index is 370. The molecule has 74 valence electrons. The molecule has 0 heterocycles. The van der Waals surface area contributed by atoms with Gasteiger partial charge in [-0.1, -0.05) is 51.0 Å². The van der Waals surface area contributed by atoms with E-state index in [0.717, 1.165) is 11.8 Å². The Labute approximate surface area is 102 Å². The summed E-state index contributed by atoms with van der Waals surface area (Å²) in [6.45, 7) is 0. The summed E-state index contributed by atoms with van der Waals surface area (Å²) in [7, 11) is 0. The molecule has 0 atom stereocenters. The van der Waals surface area contributed by atoms with Crippen molar-refractivity contribution in [1.82, 2.24) is 0 Å². The van der Waals surface area contributed by atoms with Gasteiger partial charge in [0.2, 0.25) is 0 Å². The van der Waals surface area contributed by atoms with Crippen LogP contribution in [0.2, 0.25) is 10.0 Å². The fourth-order valence-corrected chi connectivity index (χ4v) is 1.71. The van der Waals surface area contributed by atoms with Crippen molar-refractivity contribution < 1.29 is 0 Å². The molecule has 0 spiro atoms. The molecule has 0 aliphatic heterocycles. The van der Waals surface area contributed by atoms with Crippen molar-refractivity contribution in [2.45, 2.75) is 6.42 Å². The highest BCUT2D eigenvalue weighted by atomic mass is 79.9. The minimum atomic E-state index is 0.497. The number of nitrogen functional groups attached to an aromatic ring is 1. The second-order valence-corrected chi connectivity index (χ2v) is 4.21. The largest absolute Gasteiger partial charge is 0.399 e. The van der Waals surface area contributed by atoms with E-state index >= 15 is 0 Å². The van der Waals surface area contributed by atoms with Crippen LogP contribution in [0.3, 0.4) is 0 Å². The van der Waals surface area contributed by atoms with Gasteiger partial charge in [0.25, 0.3) is 0 Å². The highest BCUT2D eigenvalue weighted by Crippen LogP contribution is 2.26. The van der Waals surface area contributed by atoms with E-state index in [2.05, 4.69) is 27.8 Å². The number of halogens is 3. The van der Waals surface area contributed by atoms with Crippen LogP contribution in [0.5, 0.6) is 0 Å². The molecule has 1 rings (SSSR count). The Morgan fingerprint density at radius 2 is 1.86 bits per heavy atom. The average Bonchev–Trinajstić information content (AvgIpc) is 2.09. The van der Waals surface area contributed by atoms with Crippen LogP contribution in [0.15, 0.2) is 12.1 Å². The van der Waals surface area contributed by atoms with Crippen molar-refractivity contribution in [3.8, 4) is 11.8 Å². The summed E-state index contributed by atoms with van der Waals surface area (Å²) in [5, 5.41) is 1.83. The van der Waals surface area contributed by atoms with Gasteiger partial charge in [-0.2, -0.15) is 0 Å². The first-order chi connectivity index (χ1) is 6.65. The van der Waals surface area contributed by atoms with Gasteiger partial charge in [0.05, 0.1) is 15.6 Å². The molecule has 0 unspecified atom stereocenters. The molecule has 0 aliphatic rings. The molecule has 1 aromatic rings. The second-order valence-electron chi connectivity index (χ2n) is 2.60. The number of benzene rings is 1. The quantitative estimate of drug-likeness (QED) is 0.477. The molecule has 1 aromatic carbocycles. The summed E-state index contributed by atoms with van der Waals surface area (Å²) in [6.07, 6.45) is 0.761. The second kappa shape index (κ2) is 5.50. The predicted octanol–water partition coefficient (Wildman–Crippen LogP) is 3.71. The van der Waals surface area contributed by atoms with Crippen LogP contribution < -0.4 is 5.73 Å². The maximum atomic E-state index is 5.94. The van der Waals surface area contributed by atoms with Crippen LogP contribution in [-0.2, 0) is 0 Å². The van der Waals surface area contributed by atoms with E-state index in [1.54, 1.807) is 12.1 Å². The minimum absolute atomic E-state index is 0.497. The van der Waals surface area contributed by atoms with Crippen molar-refractivity contribution >= 4 is 44.8 Å². The maximum Gasteiger partial charge on any atom is 0.0619 e. The first kappa shape index (κ1) is 11.7. The van der Waals surface area contributed by atoms with Crippen LogP contribution in [0, 0.1) is 11.8 Å². The van der Waals surface area contributed by atoms with Gasteiger partial charge < -0.3 is 5.73 Å².